The number of halogens is 14. The fourth-order valence-electron chi connectivity index (χ4n) is 8.90. The maximum Gasteiger partial charge on any atom is 0.310 e. The van der Waals surface area contributed by atoms with Crippen molar-refractivity contribution in [2.75, 3.05) is 0 Å². The van der Waals surface area contributed by atoms with Gasteiger partial charge in [-0.25, -0.2) is 43.9 Å². The van der Waals surface area contributed by atoms with Crippen LogP contribution in [-0.4, -0.2) is 0 Å². The largest absolute Gasteiger partial charge is 0.456 e. The molecule has 0 spiro atoms. The van der Waals surface area contributed by atoms with Crippen molar-refractivity contribution in [2.24, 2.45) is 11.8 Å². The highest BCUT2D eigenvalue weighted by molar-refractivity contribution is 5.52. The van der Waals surface area contributed by atoms with E-state index in [9.17, 15) is 17.6 Å². The first-order valence-corrected chi connectivity index (χ1v) is 19.6. The summed E-state index contributed by atoms with van der Waals surface area (Å²) in [5.74, 6) is -38.6. The van der Waals surface area contributed by atoms with E-state index < -0.39 is 128 Å². The summed E-state index contributed by atoms with van der Waals surface area (Å²) in [6.45, 7) is 3.99. The van der Waals surface area contributed by atoms with Crippen LogP contribution in [0.1, 0.15) is 136 Å². The Balaban J connectivity index is 1.42. The molecule has 2 aliphatic rings. The number of alkyl halides is 4. The molecule has 0 heterocycles. The second-order valence-corrected chi connectivity index (χ2v) is 15.7. The van der Waals surface area contributed by atoms with Gasteiger partial charge in [0.1, 0.15) is 45.9 Å². The van der Waals surface area contributed by atoms with Crippen LogP contribution in [0.4, 0.5) is 61.5 Å². The Morgan fingerprint density at radius 1 is 0.424 bits per heavy atom. The van der Waals surface area contributed by atoms with Crippen molar-refractivity contribution in [3.05, 3.63) is 128 Å². The number of benzene rings is 4. The number of hydrogen-bond donors (Lipinski definition) is 0. The van der Waals surface area contributed by atoms with Crippen LogP contribution in [-0.2, 0) is 11.8 Å². The van der Waals surface area contributed by atoms with Crippen molar-refractivity contribution >= 4 is 0 Å². The number of ether oxygens (including phenoxy) is 1. The average molecular weight is 851 g/mol. The standard InChI is InChI=1S/C44H40F14O/c1-3-5-21-7-11-23(12-8-21)25-15-27(45)35(28(46)16-25)43(55,56)37-33(19-31(49)39(51)41(37)53)59-34-20-32(50)40(52)42(54)38(34)44(57,58)36-29(47)17-26(18-30(36)48)24-13-9-22(6-4-2)10-14-24/h15-24H,3-14H2,1-2H3/t21-,22-,23-,24-. The molecule has 4 aromatic rings. The van der Waals surface area contributed by atoms with Crippen molar-refractivity contribution in [2.45, 2.75) is 115 Å². The fourth-order valence-corrected chi connectivity index (χ4v) is 8.90. The third-order valence-electron chi connectivity index (χ3n) is 11.9. The summed E-state index contributed by atoms with van der Waals surface area (Å²) in [5, 5.41) is 0. The van der Waals surface area contributed by atoms with Gasteiger partial charge in [-0.1, -0.05) is 39.5 Å². The lowest BCUT2D eigenvalue weighted by Crippen LogP contribution is -2.25. The Bertz CT molecular complexity index is 1990. The second kappa shape index (κ2) is 17.4. The van der Waals surface area contributed by atoms with E-state index >= 15 is 43.9 Å². The van der Waals surface area contributed by atoms with E-state index in [1.807, 2.05) is 13.8 Å². The average Bonchev–Trinajstić information content (AvgIpc) is 3.16. The summed E-state index contributed by atoms with van der Waals surface area (Å²) in [4.78, 5) is 0. The first-order valence-electron chi connectivity index (χ1n) is 19.6. The molecule has 320 valence electrons. The summed E-state index contributed by atoms with van der Waals surface area (Å²) < 4.78 is 222. The van der Waals surface area contributed by atoms with E-state index in [1.165, 1.54) is 0 Å². The Morgan fingerprint density at radius 3 is 1.02 bits per heavy atom. The lowest BCUT2D eigenvalue weighted by atomic mass is 9.77. The van der Waals surface area contributed by atoms with Crippen LogP contribution in [0, 0.1) is 70.0 Å². The molecule has 0 atom stereocenters. The molecule has 2 aliphatic carbocycles. The quantitative estimate of drug-likeness (QED) is 0.102. The van der Waals surface area contributed by atoms with Gasteiger partial charge in [0.25, 0.3) is 0 Å². The summed E-state index contributed by atoms with van der Waals surface area (Å²) in [6, 6.07) is 1.45. The van der Waals surface area contributed by atoms with E-state index in [4.69, 9.17) is 4.74 Å². The molecule has 0 radical (unpaired) electrons. The predicted molar refractivity (Wildman–Crippen MR) is 191 cm³/mol. The van der Waals surface area contributed by atoms with E-state index in [0.717, 1.165) is 25.7 Å². The van der Waals surface area contributed by atoms with Crippen LogP contribution in [0.3, 0.4) is 0 Å². The van der Waals surface area contributed by atoms with Gasteiger partial charge >= 0.3 is 11.8 Å². The van der Waals surface area contributed by atoms with Gasteiger partial charge in [-0.15, -0.1) is 0 Å². The Labute approximate surface area is 331 Å². The highest BCUT2D eigenvalue weighted by Gasteiger charge is 2.49. The molecule has 0 unspecified atom stereocenters. The van der Waals surface area contributed by atoms with E-state index in [2.05, 4.69) is 0 Å². The van der Waals surface area contributed by atoms with Gasteiger partial charge in [-0.3, -0.25) is 0 Å². The smallest absolute Gasteiger partial charge is 0.310 e. The van der Waals surface area contributed by atoms with Crippen LogP contribution in [0.5, 0.6) is 11.5 Å². The third-order valence-corrected chi connectivity index (χ3v) is 11.9. The Hall–Kier alpha value is -4.30. The molecule has 0 amide bonds. The molecule has 0 bridgehead atoms. The molecule has 0 saturated heterocycles. The predicted octanol–water partition coefficient (Wildman–Crippen LogP) is 15.3. The van der Waals surface area contributed by atoms with E-state index in [0.29, 0.717) is 87.5 Å². The van der Waals surface area contributed by atoms with Crippen molar-refractivity contribution in [3.63, 3.8) is 0 Å². The minimum absolute atomic E-state index is 0.0206. The van der Waals surface area contributed by atoms with Crippen LogP contribution in [0.15, 0.2) is 36.4 Å². The molecule has 6 rings (SSSR count). The molecule has 0 N–H and O–H groups in total. The number of rotatable bonds is 12. The molecular formula is C44H40F14O. The summed E-state index contributed by atoms with van der Waals surface area (Å²) >= 11 is 0. The van der Waals surface area contributed by atoms with E-state index in [-0.39, 0.29) is 11.1 Å². The minimum atomic E-state index is -5.37. The molecule has 1 nitrogen and oxygen atoms in total. The first kappa shape index (κ1) is 44.3. The van der Waals surface area contributed by atoms with Gasteiger partial charge in [0.2, 0.25) is 0 Å². The first-order chi connectivity index (χ1) is 27.8. The van der Waals surface area contributed by atoms with E-state index in [1.54, 1.807) is 0 Å². The summed E-state index contributed by atoms with van der Waals surface area (Å²) in [6.07, 6.45) is 8.28. The zero-order valence-electron chi connectivity index (χ0n) is 32.0. The highest BCUT2D eigenvalue weighted by Crippen LogP contribution is 2.51. The monoisotopic (exact) mass is 850 g/mol. The van der Waals surface area contributed by atoms with Crippen LogP contribution >= 0.6 is 0 Å². The van der Waals surface area contributed by atoms with Crippen LogP contribution in [0.25, 0.3) is 0 Å². The molecule has 59 heavy (non-hydrogen) atoms. The van der Waals surface area contributed by atoms with Crippen molar-refractivity contribution < 1.29 is 66.2 Å². The Kier molecular flexibility index (Phi) is 13.0. The van der Waals surface area contributed by atoms with Crippen molar-refractivity contribution in [3.8, 4) is 11.5 Å². The van der Waals surface area contributed by atoms with Gasteiger partial charge in [-0.05, 0) is 110 Å². The van der Waals surface area contributed by atoms with Gasteiger partial charge < -0.3 is 4.74 Å². The van der Waals surface area contributed by atoms with Crippen LogP contribution in [0.2, 0.25) is 0 Å². The lowest BCUT2D eigenvalue weighted by molar-refractivity contribution is 0.0251. The molecule has 15 heteroatoms. The molecule has 4 aromatic carbocycles. The van der Waals surface area contributed by atoms with Gasteiger partial charge in [0, 0.05) is 12.1 Å². The van der Waals surface area contributed by atoms with Gasteiger partial charge in [-0.2, -0.15) is 17.6 Å². The van der Waals surface area contributed by atoms with Crippen molar-refractivity contribution in [1.29, 1.82) is 0 Å². The van der Waals surface area contributed by atoms with Gasteiger partial charge in [0.15, 0.2) is 34.9 Å². The normalized spacial score (nSPS) is 20.3. The Morgan fingerprint density at radius 2 is 0.729 bits per heavy atom. The maximum atomic E-state index is 16.3. The third kappa shape index (κ3) is 8.53. The topological polar surface area (TPSA) is 9.23 Å². The zero-order chi connectivity index (χ0) is 43.1. The SMILES string of the molecule is CCC[C@H]1CC[C@H](c2cc(F)c(C(F)(F)c3c(Oc4cc(F)c(F)c(F)c4C(F)(F)c4c(F)cc([C@H]5CC[C@H](CCC)CC5)cc4F)cc(F)c(F)c3F)c(F)c2)CC1. The molecule has 2 fully saturated rings. The summed E-state index contributed by atoms with van der Waals surface area (Å²) in [7, 11) is 0. The fraction of sp³-hybridized carbons (Fsp3) is 0.455. The second-order valence-electron chi connectivity index (χ2n) is 15.7. The van der Waals surface area contributed by atoms with Gasteiger partial charge in [0.05, 0.1) is 11.1 Å². The van der Waals surface area contributed by atoms with Crippen LogP contribution < -0.4 is 4.74 Å². The highest BCUT2D eigenvalue weighted by atomic mass is 19.3. The number of hydrogen-bond acceptors (Lipinski definition) is 1. The molecule has 0 aromatic heterocycles. The summed E-state index contributed by atoms with van der Waals surface area (Å²) in [5.41, 5.74) is -9.49. The van der Waals surface area contributed by atoms with Crippen molar-refractivity contribution in [1.82, 2.24) is 0 Å². The molecule has 2 saturated carbocycles. The molecule has 0 aliphatic heterocycles. The molecular weight excluding hydrogens is 810 g/mol. The minimum Gasteiger partial charge on any atom is -0.456 e. The maximum absolute atomic E-state index is 16.3. The zero-order valence-corrected chi connectivity index (χ0v) is 32.0. The lowest BCUT2D eigenvalue weighted by Gasteiger charge is -2.29.